The zero-order chi connectivity index (χ0) is 14.7. The largest absolute Gasteiger partial charge is 0.392 e. The third-order valence-electron chi connectivity index (χ3n) is 3.08. The van der Waals surface area contributed by atoms with Gasteiger partial charge in [-0.3, -0.25) is 4.79 Å². The third kappa shape index (κ3) is 3.63. The van der Waals surface area contributed by atoms with Crippen LogP contribution in [0.25, 0.3) is 0 Å². The maximum atomic E-state index is 12.1. The highest BCUT2D eigenvalue weighted by Crippen LogP contribution is 2.19. The molecule has 1 amide bonds. The summed E-state index contributed by atoms with van der Waals surface area (Å²) in [5.41, 5.74) is 9.30. The number of carbonyl (C=O) groups excluding carboxylic acids is 1. The number of sulfonamides is 1. The fraction of sp³-hybridized carbons (Fsp3) is 0.800. The van der Waals surface area contributed by atoms with E-state index in [9.17, 15) is 13.2 Å². The Balaban J connectivity index is 5.41. The van der Waals surface area contributed by atoms with Crippen LogP contribution in [0.1, 0.15) is 34.1 Å². The molecule has 18 heavy (non-hydrogen) atoms. The summed E-state index contributed by atoms with van der Waals surface area (Å²) < 4.78 is 26.6. The molecular weight excluding hydrogens is 274 g/mol. The van der Waals surface area contributed by atoms with E-state index < -0.39 is 26.7 Å². The van der Waals surface area contributed by atoms with E-state index in [4.69, 9.17) is 23.7 Å². The first-order valence-corrected chi connectivity index (χ1v) is 7.56. The van der Waals surface area contributed by atoms with Gasteiger partial charge in [0.05, 0.1) is 4.99 Å². The Hall–Kier alpha value is -0.730. The smallest absolute Gasteiger partial charge is 0.238 e. The van der Waals surface area contributed by atoms with Gasteiger partial charge < -0.3 is 11.5 Å². The molecule has 0 fully saturated rings. The van der Waals surface area contributed by atoms with E-state index in [1.807, 2.05) is 0 Å². The van der Waals surface area contributed by atoms with Crippen LogP contribution in [0, 0.1) is 5.92 Å². The number of nitrogens with two attached hydrogens (primary N) is 2. The highest BCUT2D eigenvalue weighted by atomic mass is 32.2. The SMILES string of the molecule is CCC(C(N)=S)S(=O)(=O)NC(C)(C(N)=O)C(C)C. The van der Waals surface area contributed by atoms with Crippen LogP contribution in [0.2, 0.25) is 0 Å². The molecule has 0 aromatic carbocycles. The van der Waals surface area contributed by atoms with Crippen LogP contribution in [-0.4, -0.2) is 30.1 Å². The molecule has 0 aromatic heterocycles. The van der Waals surface area contributed by atoms with Gasteiger partial charge in [0.15, 0.2) is 0 Å². The summed E-state index contributed by atoms with van der Waals surface area (Å²) in [5, 5.41) is -1.01. The molecule has 106 valence electrons. The topological polar surface area (TPSA) is 115 Å². The van der Waals surface area contributed by atoms with Crippen molar-refractivity contribution in [3.63, 3.8) is 0 Å². The lowest BCUT2D eigenvalue weighted by Crippen LogP contribution is -2.61. The van der Waals surface area contributed by atoms with Gasteiger partial charge >= 0.3 is 0 Å². The van der Waals surface area contributed by atoms with Crippen LogP contribution in [0.5, 0.6) is 0 Å². The first kappa shape index (κ1) is 17.3. The van der Waals surface area contributed by atoms with Crippen LogP contribution in [-0.2, 0) is 14.8 Å². The van der Waals surface area contributed by atoms with Crippen LogP contribution in [0.15, 0.2) is 0 Å². The molecule has 6 nitrogen and oxygen atoms in total. The lowest BCUT2D eigenvalue weighted by Gasteiger charge is -2.32. The van der Waals surface area contributed by atoms with E-state index in [2.05, 4.69) is 4.72 Å². The molecule has 2 unspecified atom stereocenters. The van der Waals surface area contributed by atoms with Crippen molar-refractivity contribution in [3.8, 4) is 0 Å². The molecule has 5 N–H and O–H groups in total. The fourth-order valence-corrected chi connectivity index (χ4v) is 3.75. The van der Waals surface area contributed by atoms with Crippen LogP contribution in [0.3, 0.4) is 0 Å². The van der Waals surface area contributed by atoms with E-state index in [0.29, 0.717) is 0 Å². The van der Waals surface area contributed by atoms with Gasteiger partial charge in [-0.05, 0) is 19.3 Å². The molecule has 0 aromatic rings. The van der Waals surface area contributed by atoms with Crippen molar-refractivity contribution in [1.29, 1.82) is 0 Å². The highest BCUT2D eigenvalue weighted by molar-refractivity contribution is 7.93. The van der Waals surface area contributed by atoms with Gasteiger partial charge in [0, 0.05) is 0 Å². The minimum atomic E-state index is -3.84. The lowest BCUT2D eigenvalue weighted by atomic mass is 9.89. The van der Waals surface area contributed by atoms with E-state index in [1.54, 1.807) is 20.8 Å². The number of hydrogen-bond donors (Lipinski definition) is 3. The summed E-state index contributed by atoms with van der Waals surface area (Å²) in [5.74, 6) is -1.03. The van der Waals surface area contributed by atoms with E-state index in [0.717, 1.165) is 0 Å². The first-order valence-electron chi connectivity index (χ1n) is 5.61. The summed E-state index contributed by atoms with van der Waals surface area (Å²) in [6, 6.07) is 0. The van der Waals surface area contributed by atoms with Gasteiger partial charge in [-0.1, -0.05) is 33.0 Å². The van der Waals surface area contributed by atoms with Crippen molar-refractivity contribution in [2.45, 2.75) is 44.9 Å². The molecule has 0 spiro atoms. The second-order valence-electron chi connectivity index (χ2n) is 4.67. The Bertz CT molecular complexity index is 434. The average molecular weight is 295 g/mol. The summed E-state index contributed by atoms with van der Waals surface area (Å²) >= 11 is 4.73. The standard InChI is InChI=1S/C10H21N3O3S2/c1-5-7(8(11)17)18(15,16)13-10(4,6(2)3)9(12)14/h6-7,13H,5H2,1-4H3,(H2,11,17)(H2,12,14). The normalized spacial score (nSPS) is 17.2. The second kappa shape index (κ2) is 5.94. The molecule has 0 saturated heterocycles. The molecule has 0 rings (SSSR count). The zero-order valence-corrected chi connectivity index (χ0v) is 12.7. The number of hydrogen-bond acceptors (Lipinski definition) is 4. The van der Waals surface area contributed by atoms with E-state index in [-0.39, 0.29) is 17.3 Å². The van der Waals surface area contributed by atoms with Crippen molar-refractivity contribution in [1.82, 2.24) is 4.72 Å². The predicted molar refractivity (Wildman–Crippen MR) is 75.4 cm³/mol. The van der Waals surface area contributed by atoms with Gasteiger partial charge in [-0.15, -0.1) is 0 Å². The van der Waals surface area contributed by atoms with Gasteiger partial charge in [0.2, 0.25) is 15.9 Å². The number of amides is 1. The third-order valence-corrected chi connectivity index (χ3v) is 5.56. The molecule has 0 saturated carbocycles. The molecule has 0 aliphatic carbocycles. The average Bonchev–Trinajstić information content (AvgIpc) is 2.15. The van der Waals surface area contributed by atoms with Crippen molar-refractivity contribution in [2.75, 3.05) is 0 Å². The molecule has 8 heteroatoms. The maximum Gasteiger partial charge on any atom is 0.238 e. The number of thiocarbonyl (C=S) groups is 1. The van der Waals surface area contributed by atoms with Gasteiger partial charge in [0.1, 0.15) is 10.8 Å². The molecule has 0 aliphatic heterocycles. The van der Waals surface area contributed by atoms with Crippen molar-refractivity contribution in [3.05, 3.63) is 0 Å². The summed E-state index contributed by atoms with van der Waals surface area (Å²) in [6.45, 7) is 6.51. The Labute approximate surface area is 114 Å². The molecule has 0 heterocycles. The van der Waals surface area contributed by atoms with Crippen molar-refractivity contribution < 1.29 is 13.2 Å². The number of nitrogens with one attached hydrogen (secondary N) is 1. The molecule has 0 bridgehead atoms. The number of rotatable bonds is 7. The van der Waals surface area contributed by atoms with Gasteiger partial charge in [0.25, 0.3) is 0 Å². The lowest BCUT2D eigenvalue weighted by molar-refractivity contribution is -0.124. The van der Waals surface area contributed by atoms with Crippen molar-refractivity contribution in [2.24, 2.45) is 17.4 Å². The summed E-state index contributed by atoms with van der Waals surface area (Å²) in [7, 11) is -3.84. The second-order valence-corrected chi connectivity index (χ2v) is 7.00. The first-order chi connectivity index (χ1) is 7.99. The Morgan fingerprint density at radius 3 is 2.06 bits per heavy atom. The summed E-state index contributed by atoms with van der Waals surface area (Å²) in [4.78, 5) is 11.3. The monoisotopic (exact) mass is 295 g/mol. The zero-order valence-electron chi connectivity index (χ0n) is 11.1. The maximum absolute atomic E-state index is 12.1. The Morgan fingerprint density at radius 1 is 1.39 bits per heavy atom. The number of primary amides is 1. The predicted octanol–water partition coefficient (Wildman–Crippen LogP) is -0.129. The van der Waals surface area contributed by atoms with Gasteiger partial charge in [-0.2, -0.15) is 4.72 Å². The quantitative estimate of drug-likeness (QED) is 0.566. The van der Waals surface area contributed by atoms with Crippen LogP contribution < -0.4 is 16.2 Å². The highest BCUT2D eigenvalue weighted by Gasteiger charge is 2.41. The minimum Gasteiger partial charge on any atom is -0.392 e. The summed E-state index contributed by atoms with van der Waals surface area (Å²) in [6.07, 6.45) is 0.234. The Morgan fingerprint density at radius 2 is 1.83 bits per heavy atom. The van der Waals surface area contributed by atoms with Crippen molar-refractivity contribution >= 4 is 33.1 Å². The molecule has 0 aliphatic rings. The molecular formula is C10H21N3O3S2. The van der Waals surface area contributed by atoms with Gasteiger partial charge in [-0.25, -0.2) is 8.42 Å². The fourth-order valence-electron chi connectivity index (χ4n) is 1.39. The van der Waals surface area contributed by atoms with Crippen LogP contribution in [0.4, 0.5) is 0 Å². The van der Waals surface area contributed by atoms with Crippen LogP contribution >= 0.6 is 12.2 Å². The number of carbonyl (C=O) groups is 1. The van der Waals surface area contributed by atoms with E-state index in [1.165, 1.54) is 6.92 Å². The Kier molecular flexibility index (Phi) is 5.70. The molecule has 0 radical (unpaired) electrons. The minimum absolute atomic E-state index is 0.124. The molecule has 2 atom stereocenters. The van der Waals surface area contributed by atoms with E-state index >= 15 is 0 Å².